The number of hydrogen-bond acceptors (Lipinski definition) is 3. The van der Waals surface area contributed by atoms with E-state index in [4.69, 9.17) is 4.74 Å². The van der Waals surface area contributed by atoms with Crippen LogP contribution in [0.5, 0.6) is 0 Å². The lowest BCUT2D eigenvalue weighted by Crippen LogP contribution is -2.16. The number of para-hydroxylation sites is 2. The topological polar surface area (TPSA) is 47.3 Å². The Kier molecular flexibility index (Phi) is 2.47. The van der Waals surface area contributed by atoms with Gasteiger partial charge in [-0.05, 0) is 12.1 Å². The monoisotopic (exact) mass is 192 g/mol. The molecule has 0 bridgehead atoms. The van der Waals surface area contributed by atoms with E-state index >= 15 is 0 Å². The number of methoxy groups -OCH3 is 1. The fraction of sp³-hybridized carbons (Fsp3) is 0.300. The zero-order chi connectivity index (χ0) is 9.97. The van der Waals surface area contributed by atoms with Crippen LogP contribution in [0.1, 0.15) is 0 Å². The fourth-order valence-electron chi connectivity index (χ4n) is 1.40. The van der Waals surface area contributed by atoms with E-state index in [1.165, 1.54) is 7.11 Å². The van der Waals surface area contributed by atoms with Gasteiger partial charge in [0, 0.05) is 7.11 Å². The molecule has 1 aromatic carbocycles. The summed E-state index contributed by atoms with van der Waals surface area (Å²) in [5.74, 6) is 0. The van der Waals surface area contributed by atoms with Crippen molar-refractivity contribution in [3.8, 4) is 0 Å². The zero-order valence-corrected chi connectivity index (χ0v) is 7.92. The van der Waals surface area contributed by atoms with Gasteiger partial charge in [0.2, 0.25) is 0 Å². The summed E-state index contributed by atoms with van der Waals surface area (Å²) in [7, 11) is 1.48. The second kappa shape index (κ2) is 3.77. The minimum Gasteiger partial charge on any atom is -0.366 e. The lowest BCUT2D eigenvalue weighted by molar-refractivity contribution is -0.0828. The van der Waals surface area contributed by atoms with E-state index in [1.807, 2.05) is 28.8 Å². The van der Waals surface area contributed by atoms with Crippen LogP contribution in [0.15, 0.2) is 30.6 Å². The van der Waals surface area contributed by atoms with Crippen molar-refractivity contribution in [2.45, 2.75) is 12.8 Å². The van der Waals surface area contributed by atoms with Crippen molar-refractivity contribution >= 4 is 11.0 Å². The SMILES string of the molecule is COC(O)Cn1cnc2ccccc21. The van der Waals surface area contributed by atoms with Gasteiger partial charge in [-0.3, -0.25) is 0 Å². The summed E-state index contributed by atoms with van der Waals surface area (Å²) < 4.78 is 6.64. The maximum absolute atomic E-state index is 9.32. The predicted molar refractivity (Wildman–Crippen MR) is 52.7 cm³/mol. The highest BCUT2D eigenvalue weighted by Gasteiger charge is 2.05. The number of aliphatic hydroxyl groups is 1. The van der Waals surface area contributed by atoms with E-state index < -0.39 is 6.29 Å². The van der Waals surface area contributed by atoms with Crippen LogP contribution in [0, 0.1) is 0 Å². The third-order valence-electron chi connectivity index (χ3n) is 2.15. The molecule has 4 nitrogen and oxygen atoms in total. The van der Waals surface area contributed by atoms with Gasteiger partial charge in [-0.25, -0.2) is 4.98 Å². The van der Waals surface area contributed by atoms with Gasteiger partial charge in [-0.15, -0.1) is 0 Å². The maximum atomic E-state index is 9.32. The number of fused-ring (bicyclic) bond motifs is 1. The first kappa shape index (κ1) is 9.18. The van der Waals surface area contributed by atoms with Crippen LogP contribution in [0.4, 0.5) is 0 Å². The molecule has 4 heteroatoms. The fourth-order valence-corrected chi connectivity index (χ4v) is 1.40. The van der Waals surface area contributed by atoms with Gasteiger partial charge in [-0.2, -0.15) is 0 Å². The third kappa shape index (κ3) is 1.62. The number of benzene rings is 1. The van der Waals surface area contributed by atoms with Gasteiger partial charge >= 0.3 is 0 Å². The van der Waals surface area contributed by atoms with Gasteiger partial charge < -0.3 is 14.4 Å². The Labute approximate surface area is 81.8 Å². The lowest BCUT2D eigenvalue weighted by Gasteiger charge is -2.09. The van der Waals surface area contributed by atoms with Crippen molar-refractivity contribution in [2.75, 3.05) is 7.11 Å². The maximum Gasteiger partial charge on any atom is 0.172 e. The summed E-state index contributed by atoms with van der Waals surface area (Å²) >= 11 is 0. The average Bonchev–Trinajstić information content (AvgIpc) is 2.62. The Hall–Kier alpha value is -1.39. The van der Waals surface area contributed by atoms with Crippen molar-refractivity contribution in [3.63, 3.8) is 0 Å². The largest absolute Gasteiger partial charge is 0.366 e. The summed E-state index contributed by atoms with van der Waals surface area (Å²) in [5, 5.41) is 9.32. The molecule has 0 saturated heterocycles. The minimum atomic E-state index is -0.785. The van der Waals surface area contributed by atoms with Crippen LogP contribution in [0.25, 0.3) is 11.0 Å². The first-order valence-corrected chi connectivity index (χ1v) is 4.42. The smallest absolute Gasteiger partial charge is 0.172 e. The van der Waals surface area contributed by atoms with Crippen molar-refractivity contribution in [2.24, 2.45) is 0 Å². The van der Waals surface area contributed by atoms with E-state index in [1.54, 1.807) is 6.33 Å². The van der Waals surface area contributed by atoms with Crippen LogP contribution in [0.3, 0.4) is 0 Å². The van der Waals surface area contributed by atoms with Gasteiger partial charge in [0.25, 0.3) is 0 Å². The van der Waals surface area contributed by atoms with Crippen molar-refractivity contribution in [3.05, 3.63) is 30.6 Å². The highest BCUT2D eigenvalue weighted by Crippen LogP contribution is 2.12. The Morgan fingerprint density at radius 1 is 1.50 bits per heavy atom. The van der Waals surface area contributed by atoms with Gasteiger partial charge in [0.1, 0.15) is 0 Å². The summed E-state index contributed by atoms with van der Waals surface area (Å²) in [5.41, 5.74) is 1.93. The highest BCUT2D eigenvalue weighted by molar-refractivity contribution is 5.74. The molecule has 2 rings (SSSR count). The number of hydrogen-bond donors (Lipinski definition) is 1. The Bertz CT molecular complexity index is 425. The molecule has 0 amide bonds. The molecule has 0 spiro atoms. The van der Waals surface area contributed by atoms with Gasteiger partial charge in [0.05, 0.1) is 23.9 Å². The predicted octanol–water partition coefficient (Wildman–Crippen LogP) is 1.00. The Morgan fingerprint density at radius 2 is 2.29 bits per heavy atom. The van der Waals surface area contributed by atoms with Crippen LogP contribution in [0.2, 0.25) is 0 Å². The second-order valence-corrected chi connectivity index (χ2v) is 3.08. The molecular formula is C10H12N2O2. The molecule has 1 heterocycles. The first-order valence-electron chi connectivity index (χ1n) is 4.42. The molecule has 74 valence electrons. The summed E-state index contributed by atoms with van der Waals surface area (Å²) in [6.45, 7) is 0.400. The molecule has 0 aliphatic heterocycles. The number of aromatic nitrogens is 2. The second-order valence-electron chi connectivity index (χ2n) is 3.08. The molecule has 1 unspecified atom stereocenters. The number of rotatable bonds is 3. The number of ether oxygens (including phenoxy) is 1. The van der Waals surface area contributed by atoms with Crippen LogP contribution in [-0.2, 0) is 11.3 Å². The molecule has 2 aromatic rings. The number of aliphatic hydroxyl groups excluding tert-OH is 1. The zero-order valence-electron chi connectivity index (χ0n) is 7.92. The van der Waals surface area contributed by atoms with E-state index in [0.29, 0.717) is 6.54 Å². The van der Waals surface area contributed by atoms with E-state index in [0.717, 1.165) is 11.0 Å². The molecule has 0 fully saturated rings. The quantitative estimate of drug-likeness (QED) is 0.738. The van der Waals surface area contributed by atoms with Crippen molar-refractivity contribution in [1.29, 1.82) is 0 Å². The molecule has 1 aromatic heterocycles. The van der Waals surface area contributed by atoms with Gasteiger partial charge in [0.15, 0.2) is 6.29 Å². The standard InChI is InChI=1S/C10H12N2O2/c1-14-10(13)6-12-7-11-8-4-2-3-5-9(8)12/h2-5,7,10,13H,6H2,1H3. The third-order valence-corrected chi connectivity index (χ3v) is 2.15. The summed E-state index contributed by atoms with van der Waals surface area (Å²) in [6.07, 6.45) is 0.917. The molecule has 0 aliphatic carbocycles. The molecular weight excluding hydrogens is 180 g/mol. The molecule has 14 heavy (non-hydrogen) atoms. The minimum absolute atomic E-state index is 0.400. The highest BCUT2D eigenvalue weighted by atomic mass is 16.6. The Balaban J connectivity index is 2.33. The molecule has 1 atom stereocenters. The number of imidazole rings is 1. The normalized spacial score (nSPS) is 13.3. The van der Waals surface area contributed by atoms with E-state index in [-0.39, 0.29) is 0 Å². The van der Waals surface area contributed by atoms with E-state index in [2.05, 4.69) is 4.98 Å². The molecule has 0 saturated carbocycles. The summed E-state index contributed by atoms with van der Waals surface area (Å²) in [4.78, 5) is 4.20. The molecule has 1 N–H and O–H groups in total. The van der Waals surface area contributed by atoms with Crippen molar-refractivity contribution < 1.29 is 9.84 Å². The van der Waals surface area contributed by atoms with Crippen molar-refractivity contribution in [1.82, 2.24) is 9.55 Å². The lowest BCUT2D eigenvalue weighted by atomic mass is 10.3. The van der Waals surface area contributed by atoms with Crippen LogP contribution in [-0.4, -0.2) is 28.1 Å². The summed E-state index contributed by atoms with van der Waals surface area (Å²) in [6, 6.07) is 7.78. The number of nitrogens with zero attached hydrogens (tertiary/aromatic N) is 2. The van der Waals surface area contributed by atoms with Crippen LogP contribution < -0.4 is 0 Å². The van der Waals surface area contributed by atoms with Gasteiger partial charge in [-0.1, -0.05) is 12.1 Å². The molecule has 0 aliphatic rings. The average molecular weight is 192 g/mol. The van der Waals surface area contributed by atoms with E-state index in [9.17, 15) is 5.11 Å². The van der Waals surface area contributed by atoms with Crippen LogP contribution >= 0.6 is 0 Å². The Morgan fingerprint density at radius 3 is 3.07 bits per heavy atom. The molecule has 0 radical (unpaired) electrons. The first-order chi connectivity index (χ1) is 6.81.